The number of pyridine rings is 1. The lowest BCUT2D eigenvalue weighted by Crippen LogP contribution is -2.44. The van der Waals surface area contributed by atoms with Crippen LogP contribution in [0, 0.1) is 11.3 Å². The number of imidazole rings is 1. The SMILES string of the molecule is CCn1c(N2CCCC(N)C2)nc2c(=O)n(CCF)n(Cc3cc4ccccc4c(C#N)n3)c(=O)c21. The van der Waals surface area contributed by atoms with Gasteiger partial charge in [0.05, 0.1) is 18.8 Å². The molecule has 1 aromatic carbocycles. The molecule has 2 N–H and O–H groups in total. The van der Waals surface area contributed by atoms with Crippen LogP contribution >= 0.6 is 0 Å². The van der Waals surface area contributed by atoms with E-state index in [0.29, 0.717) is 30.1 Å². The van der Waals surface area contributed by atoms with Gasteiger partial charge in [-0.25, -0.2) is 23.7 Å². The van der Waals surface area contributed by atoms with Crippen LogP contribution in [0.1, 0.15) is 31.2 Å². The fourth-order valence-electron chi connectivity index (χ4n) is 5.04. The Morgan fingerprint density at radius 1 is 1.19 bits per heavy atom. The molecule has 11 heteroatoms. The van der Waals surface area contributed by atoms with Gasteiger partial charge in [0, 0.05) is 31.1 Å². The minimum atomic E-state index is -0.832. The highest BCUT2D eigenvalue weighted by molar-refractivity contribution is 5.86. The van der Waals surface area contributed by atoms with E-state index >= 15 is 0 Å². The smallest absolute Gasteiger partial charge is 0.293 e. The van der Waals surface area contributed by atoms with Crippen LogP contribution in [0.3, 0.4) is 0 Å². The Morgan fingerprint density at radius 3 is 2.72 bits per heavy atom. The second-order valence-corrected chi connectivity index (χ2v) is 8.98. The van der Waals surface area contributed by atoms with Crippen molar-refractivity contribution in [2.45, 2.75) is 45.4 Å². The van der Waals surface area contributed by atoms with Crippen LogP contribution in [0.5, 0.6) is 0 Å². The van der Waals surface area contributed by atoms with Gasteiger partial charge in [-0.1, -0.05) is 24.3 Å². The van der Waals surface area contributed by atoms with Gasteiger partial charge in [0.15, 0.2) is 5.52 Å². The first-order chi connectivity index (χ1) is 17.5. The molecule has 0 bridgehead atoms. The first kappa shape index (κ1) is 23.7. The number of aromatic nitrogens is 5. The average Bonchev–Trinajstić information content (AvgIpc) is 3.29. The van der Waals surface area contributed by atoms with E-state index in [1.165, 1.54) is 4.68 Å². The van der Waals surface area contributed by atoms with E-state index in [4.69, 9.17) is 5.73 Å². The first-order valence-corrected chi connectivity index (χ1v) is 12.1. The molecule has 0 amide bonds. The van der Waals surface area contributed by atoms with Crippen molar-refractivity contribution in [3.05, 3.63) is 62.4 Å². The van der Waals surface area contributed by atoms with Gasteiger partial charge in [0.2, 0.25) is 5.95 Å². The molecule has 0 spiro atoms. The summed E-state index contributed by atoms with van der Waals surface area (Å²) in [6, 6.07) is 11.2. The van der Waals surface area contributed by atoms with Gasteiger partial charge >= 0.3 is 0 Å². The van der Waals surface area contributed by atoms with Crippen molar-refractivity contribution in [3.8, 4) is 6.07 Å². The van der Waals surface area contributed by atoms with E-state index < -0.39 is 17.8 Å². The summed E-state index contributed by atoms with van der Waals surface area (Å²) < 4.78 is 17.6. The fraction of sp³-hybridized carbons (Fsp3) is 0.400. The highest BCUT2D eigenvalue weighted by atomic mass is 19.1. The van der Waals surface area contributed by atoms with Gasteiger partial charge in [-0.15, -0.1) is 0 Å². The molecule has 3 aromatic heterocycles. The summed E-state index contributed by atoms with van der Waals surface area (Å²) in [6.45, 7) is 2.38. The third-order valence-electron chi connectivity index (χ3n) is 6.68. The molecule has 1 aliphatic heterocycles. The number of nitriles is 1. The Morgan fingerprint density at radius 2 is 2.00 bits per heavy atom. The number of halogens is 1. The van der Waals surface area contributed by atoms with Crippen molar-refractivity contribution in [2.75, 3.05) is 24.7 Å². The molecule has 1 unspecified atom stereocenters. The standard InChI is InChI=1S/C25H27FN8O2/c1-2-32-22-21(30-25(32)31-10-5-7-17(28)14-31)23(35)33(11-9-26)34(24(22)36)15-18-12-16-6-3-4-8-19(16)20(13-27)29-18/h3-4,6,8,12,17H,2,5,7,9-11,14-15,28H2,1H3. The molecule has 1 aliphatic rings. The van der Waals surface area contributed by atoms with Crippen molar-refractivity contribution in [3.63, 3.8) is 0 Å². The molecule has 0 radical (unpaired) electrons. The zero-order valence-corrected chi connectivity index (χ0v) is 20.0. The number of anilines is 1. The van der Waals surface area contributed by atoms with E-state index in [-0.39, 0.29) is 35.9 Å². The number of nitrogens with zero attached hydrogens (tertiary/aromatic N) is 7. The molecule has 4 aromatic rings. The first-order valence-electron chi connectivity index (χ1n) is 12.1. The molecule has 0 saturated carbocycles. The third-order valence-corrected chi connectivity index (χ3v) is 6.68. The number of alkyl halides is 1. The zero-order chi connectivity index (χ0) is 25.4. The average molecular weight is 491 g/mol. The molecule has 1 saturated heterocycles. The van der Waals surface area contributed by atoms with Gasteiger partial charge in [0.1, 0.15) is 24.0 Å². The maximum atomic E-state index is 13.8. The number of hydrogen-bond acceptors (Lipinski definition) is 7. The van der Waals surface area contributed by atoms with Crippen LogP contribution in [-0.4, -0.2) is 49.7 Å². The minimum absolute atomic E-state index is 0.0166. The molecule has 36 heavy (non-hydrogen) atoms. The van der Waals surface area contributed by atoms with Crippen LogP contribution in [0.25, 0.3) is 21.8 Å². The summed E-state index contributed by atoms with van der Waals surface area (Å²) in [5.74, 6) is 0.525. The molecule has 5 rings (SSSR count). The number of nitrogens with two attached hydrogens (primary N) is 1. The second-order valence-electron chi connectivity index (χ2n) is 8.98. The van der Waals surface area contributed by atoms with Crippen LogP contribution in [-0.2, 0) is 19.6 Å². The van der Waals surface area contributed by atoms with E-state index in [1.807, 2.05) is 30.0 Å². The van der Waals surface area contributed by atoms with Crippen LogP contribution in [0.4, 0.5) is 10.3 Å². The Kier molecular flexibility index (Phi) is 6.28. The summed E-state index contributed by atoms with van der Waals surface area (Å²) in [6.07, 6.45) is 1.79. The molecular weight excluding hydrogens is 463 g/mol. The predicted octanol–water partition coefficient (Wildman–Crippen LogP) is 1.74. The highest BCUT2D eigenvalue weighted by Gasteiger charge is 2.26. The van der Waals surface area contributed by atoms with E-state index in [2.05, 4.69) is 16.0 Å². The summed E-state index contributed by atoms with van der Waals surface area (Å²) in [4.78, 5) is 38.3. The van der Waals surface area contributed by atoms with E-state index in [1.54, 1.807) is 16.7 Å². The van der Waals surface area contributed by atoms with Crippen LogP contribution < -0.4 is 21.8 Å². The lowest BCUT2D eigenvalue weighted by atomic mass is 10.1. The summed E-state index contributed by atoms with van der Waals surface area (Å²) >= 11 is 0. The van der Waals surface area contributed by atoms with E-state index in [9.17, 15) is 19.2 Å². The zero-order valence-electron chi connectivity index (χ0n) is 20.0. The van der Waals surface area contributed by atoms with Gasteiger partial charge in [-0.05, 0) is 31.2 Å². The Bertz CT molecular complexity index is 1610. The second kappa shape index (κ2) is 9.54. The van der Waals surface area contributed by atoms with Crippen molar-refractivity contribution < 1.29 is 4.39 Å². The molecule has 186 valence electrons. The van der Waals surface area contributed by atoms with Gasteiger partial charge in [0.25, 0.3) is 11.1 Å². The van der Waals surface area contributed by atoms with Crippen molar-refractivity contribution in [2.24, 2.45) is 5.73 Å². The third kappa shape index (κ3) is 3.93. The number of benzene rings is 1. The van der Waals surface area contributed by atoms with Crippen molar-refractivity contribution in [1.82, 2.24) is 23.9 Å². The fourth-order valence-corrected chi connectivity index (χ4v) is 5.04. The Balaban J connectivity index is 1.71. The molecule has 1 fully saturated rings. The maximum Gasteiger partial charge on any atom is 0.293 e. The summed E-state index contributed by atoms with van der Waals surface area (Å²) in [7, 11) is 0. The quantitative estimate of drug-likeness (QED) is 0.436. The summed E-state index contributed by atoms with van der Waals surface area (Å²) in [5.41, 5.74) is 5.99. The molecule has 0 aliphatic carbocycles. The van der Waals surface area contributed by atoms with Crippen molar-refractivity contribution >= 4 is 27.8 Å². The summed E-state index contributed by atoms with van der Waals surface area (Å²) in [5, 5.41) is 11.1. The molecule has 10 nitrogen and oxygen atoms in total. The number of rotatable bonds is 6. The lowest BCUT2D eigenvalue weighted by molar-refractivity contribution is 0.367. The normalized spacial score (nSPS) is 16.1. The number of hydrogen-bond donors (Lipinski definition) is 1. The van der Waals surface area contributed by atoms with Crippen LogP contribution in [0.15, 0.2) is 39.9 Å². The minimum Gasteiger partial charge on any atom is -0.341 e. The Hall–Kier alpha value is -4.04. The topological polar surface area (TPSA) is 128 Å². The number of aryl methyl sites for hydroxylation is 1. The lowest BCUT2D eigenvalue weighted by Gasteiger charge is -2.31. The molecule has 1 atom stereocenters. The molecular formula is C25H27FN8O2. The van der Waals surface area contributed by atoms with E-state index in [0.717, 1.165) is 29.5 Å². The highest BCUT2D eigenvalue weighted by Crippen LogP contribution is 2.23. The Labute approximate surface area is 206 Å². The van der Waals surface area contributed by atoms with Gasteiger partial charge in [-0.3, -0.25) is 9.59 Å². The molecule has 4 heterocycles. The monoisotopic (exact) mass is 490 g/mol. The largest absolute Gasteiger partial charge is 0.341 e. The van der Waals surface area contributed by atoms with Crippen molar-refractivity contribution in [1.29, 1.82) is 5.26 Å². The van der Waals surface area contributed by atoms with Gasteiger partial charge < -0.3 is 15.2 Å². The number of piperidine rings is 1. The van der Waals surface area contributed by atoms with Crippen LogP contribution in [0.2, 0.25) is 0 Å². The number of fused-ring (bicyclic) bond motifs is 2. The van der Waals surface area contributed by atoms with Gasteiger partial charge in [-0.2, -0.15) is 5.26 Å². The predicted molar refractivity (Wildman–Crippen MR) is 135 cm³/mol. The maximum absolute atomic E-state index is 13.8.